The van der Waals surface area contributed by atoms with Gasteiger partial charge in [0.15, 0.2) is 6.29 Å². The third-order valence-electron chi connectivity index (χ3n) is 1.28. The Morgan fingerprint density at radius 3 is 2.50 bits per heavy atom. The summed E-state index contributed by atoms with van der Waals surface area (Å²) in [4.78, 5) is 13.7. The number of nitrogens with one attached hydrogen (secondary N) is 1. The lowest BCUT2D eigenvalue weighted by molar-refractivity contribution is -0.102. The Kier molecular flexibility index (Phi) is 2.98. The molecule has 0 saturated carbocycles. The highest BCUT2D eigenvalue weighted by atomic mass is 16.5. The first-order valence-electron chi connectivity index (χ1n) is 3.35. The molecule has 0 radical (unpaired) electrons. The third-order valence-corrected chi connectivity index (χ3v) is 1.28. The number of hydrogen-bond donors (Lipinski definition) is 2. The molecule has 62 valence electrons. The van der Waals surface area contributed by atoms with Crippen molar-refractivity contribution in [2.24, 2.45) is 4.99 Å². The van der Waals surface area contributed by atoms with Crippen molar-refractivity contribution in [3.05, 3.63) is 24.3 Å². The van der Waals surface area contributed by atoms with Crippen LogP contribution in [0, 0.1) is 0 Å². The summed E-state index contributed by atoms with van der Waals surface area (Å²) in [6, 6.07) is 6.66. The van der Waals surface area contributed by atoms with Gasteiger partial charge in [-0.1, -0.05) is 0 Å². The van der Waals surface area contributed by atoms with Crippen LogP contribution in [-0.4, -0.2) is 17.7 Å². The van der Waals surface area contributed by atoms with Crippen molar-refractivity contribution in [3.8, 4) is 0 Å². The van der Waals surface area contributed by atoms with Crippen LogP contribution in [0.5, 0.6) is 0 Å². The number of aliphatic imine (C=N–C) groups is 1. The fraction of sp³-hybridized carbons (Fsp3) is 0. The van der Waals surface area contributed by atoms with Crippen LogP contribution >= 0.6 is 0 Å². The lowest BCUT2D eigenvalue weighted by Crippen LogP contribution is -1.86. The van der Waals surface area contributed by atoms with Crippen LogP contribution in [0.15, 0.2) is 29.3 Å². The predicted molar refractivity (Wildman–Crippen MR) is 46.1 cm³/mol. The zero-order chi connectivity index (χ0) is 8.81. The third kappa shape index (κ3) is 2.17. The van der Waals surface area contributed by atoms with Gasteiger partial charge in [0.2, 0.25) is 0 Å². The first-order valence-corrected chi connectivity index (χ1v) is 3.35. The van der Waals surface area contributed by atoms with E-state index in [-0.39, 0.29) is 0 Å². The minimum atomic E-state index is 0.583. The SMILES string of the molecule is O=CC=Nc1ccc(NO)cc1. The summed E-state index contributed by atoms with van der Waals surface area (Å²) in [5.41, 5.74) is 3.24. The molecule has 1 aromatic carbocycles. The van der Waals surface area contributed by atoms with Gasteiger partial charge < -0.3 is 0 Å². The summed E-state index contributed by atoms with van der Waals surface area (Å²) in [5.74, 6) is 0. The molecule has 0 spiro atoms. The Balaban J connectivity index is 2.77. The summed E-state index contributed by atoms with van der Waals surface area (Å²) >= 11 is 0. The number of nitrogens with zero attached hydrogens (tertiary/aromatic N) is 1. The normalized spacial score (nSPS) is 10.1. The van der Waals surface area contributed by atoms with Crippen molar-refractivity contribution < 1.29 is 10.0 Å². The van der Waals surface area contributed by atoms with E-state index < -0.39 is 0 Å². The average Bonchev–Trinajstić information content (AvgIpc) is 2.15. The van der Waals surface area contributed by atoms with E-state index in [1.165, 1.54) is 6.21 Å². The van der Waals surface area contributed by atoms with Gasteiger partial charge in [0.25, 0.3) is 0 Å². The Bertz CT molecular complexity index is 280. The lowest BCUT2D eigenvalue weighted by atomic mass is 10.3. The predicted octanol–water partition coefficient (Wildman–Crippen LogP) is 1.39. The van der Waals surface area contributed by atoms with Gasteiger partial charge in [0.05, 0.1) is 17.6 Å². The van der Waals surface area contributed by atoms with E-state index in [0.29, 0.717) is 17.7 Å². The molecule has 2 N–H and O–H groups in total. The molecule has 0 atom stereocenters. The maximum Gasteiger partial charge on any atom is 0.161 e. The fourth-order valence-corrected chi connectivity index (χ4v) is 0.739. The van der Waals surface area contributed by atoms with E-state index in [2.05, 4.69) is 4.99 Å². The van der Waals surface area contributed by atoms with E-state index in [1.807, 2.05) is 5.48 Å². The molecule has 12 heavy (non-hydrogen) atoms. The highest BCUT2D eigenvalue weighted by molar-refractivity contribution is 6.13. The monoisotopic (exact) mass is 164 g/mol. The van der Waals surface area contributed by atoms with Gasteiger partial charge in [0, 0.05) is 0 Å². The highest BCUT2D eigenvalue weighted by Crippen LogP contribution is 2.14. The second-order valence-corrected chi connectivity index (χ2v) is 2.07. The molecule has 0 aliphatic carbocycles. The maximum absolute atomic E-state index is 9.90. The molecule has 0 unspecified atom stereocenters. The van der Waals surface area contributed by atoms with Crippen LogP contribution in [-0.2, 0) is 4.79 Å². The first-order chi connectivity index (χ1) is 5.86. The largest absolute Gasteiger partial charge is 0.297 e. The van der Waals surface area contributed by atoms with Crippen LogP contribution in [0.4, 0.5) is 11.4 Å². The second-order valence-electron chi connectivity index (χ2n) is 2.07. The van der Waals surface area contributed by atoms with Crippen molar-refractivity contribution in [1.29, 1.82) is 0 Å². The van der Waals surface area contributed by atoms with Gasteiger partial charge in [-0.25, -0.2) is 0 Å². The van der Waals surface area contributed by atoms with E-state index in [9.17, 15) is 4.79 Å². The van der Waals surface area contributed by atoms with Crippen molar-refractivity contribution in [1.82, 2.24) is 0 Å². The second kappa shape index (κ2) is 4.25. The van der Waals surface area contributed by atoms with Crippen LogP contribution in [0.25, 0.3) is 0 Å². The summed E-state index contributed by atoms with van der Waals surface area (Å²) in [5, 5.41) is 8.46. The molecule has 0 saturated heterocycles. The van der Waals surface area contributed by atoms with Gasteiger partial charge in [-0.15, -0.1) is 0 Å². The molecule has 0 amide bonds. The fourth-order valence-electron chi connectivity index (χ4n) is 0.739. The number of rotatable bonds is 3. The number of carbonyl (C=O) groups excluding carboxylic acids is 1. The van der Waals surface area contributed by atoms with E-state index >= 15 is 0 Å². The zero-order valence-electron chi connectivity index (χ0n) is 6.27. The summed E-state index contributed by atoms with van der Waals surface area (Å²) in [7, 11) is 0. The molecular weight excluding hydrogens is 156 g/mol. The molecule has 0 aliphatic heterocycles. The Morgan fingerprint density at radius 2 is 2.00 bits per heavy atom. The smallest absolute Gasteiger partial charge is 0.161 e. The van der Waals surface area contributed by atoms with Crippen LogP contribution in [0.1, 0.15) is 0 Å². The van der Waals surface area contributed by atoms with Gasteiger partial charge in [-0.3, -0.25) is 20.5 Å². The summed E-state index contributed by atoms with van der Waals surface area (Å²) in [6.45, 7) is 0. The average molecular weight is 164 g/mol. The van der Waals surface area contributed by atoms with Gasteiger partial charge in [-0.2, -0.15) is 0 Å². The summed E-state index contributed by atoms with van der Waals surface area (Å²) in [6.07, 6.45) is 1.78. The van der Waals surface area contributed by atoms with E-state index in [1.54, 1.807) is 24.3 Å². The maximum atomic E-state index is 9.90. The molecule has 1 rings (SSSR count). The Morgan fingerprint density at radius 1 is 1.33 bits per heavy atom. The highest BCUT2D eigenvalue weighted by Gasteiger charge is 1.88. The first kappa shape index (κ1) is 8.42. The Labute approximate surface area is 69.5 Å². The molecule has 0 heterocycles. The topological polar surface area (TPSA) is 61.7 Å². The van der Waals surface area contributed by atoms with Crippen molar-refractivity contribution in [2.45, 2.75) is 0 Å². The standard InChI is InChI=1S/C8H8N2O2/c11-6-5-9-7-1-3-8(10-12)4-2-7/h1-6,10,12H. The lowest BCUT2D eigenvalue weighted by Gasteiger charge is -1.96. The van der Waals surface area contributed by atoms with Gasteiger partial charge in [0.1, 0.15) is 0 Å². The van der Waals surface area contributed by atoms with Crippen LogP contribution in [0.3, 0.4) is 0 Å². The quantitative estimate of drug-likeness (QED) is 0.403. The van der Waals surface area contributed by atoms with Crippen molar-refractivity contribution in [2.75, 3.05) is 5.48 Å². The minimum Gasteiger partial charge on any atom is -0.297 e. The van der Waals surface area contributed by atoms with Crippen LogP contribution in [0.2, 0.25) is 0 Å². The number of hydrogen-bond acceptors (Lipinski definition) is 4. The van der Waals surface area contributed by atoms with E-state index in [0.717, 1.165) is 0 Å². The Hall–Kier alpha value is -1.68. The number of carbonyl (C=O) groups is 1. The molecule has 0 bridgehead atoms. The van der Waals surface area contributed by atoms with E-state index in [4.69, 9.17) is 5.21 Å². The molecule has 0 aromatic heterocycles. The van der Waals surface area contributed by atoms with Gasteiger partial charge >= 0.3 is 0 Å². The molecule has 4 nitrogen and oxygen atoms in total. The van der Waals surface area contributed by atoms with Crippen molar-refractivity contribution in [3.63, 3.8) is 0 Å². The molecular formula is C8H8N2O2. The molecule has 1 aromatic rings. The minimum absolute atomic E-state index is 0.583. The number of benzene rings is 1. The number of anilines is 1. The molecule has 0 aliphatic rings. The number of aldehydes is 1. The molecule has 4 heteroatoms. The van der Waals surface area contributed by atoms with Crippen LogP contribution < -0.4 is 5.48 Å². The zero-order valence-corrected chi connectivity index (χ0v) is 6.27. The van der Waals surface area contributed by atoms with Gasteiger partial charge in [-0.05, 0) is 24.3 Å². The summed E-state index contributed by atoms with van der Waals surface area (Å²) < 4.78 is 0. The van der Waals surface area contributed by atoms with Crippen molar-refractivity contribution >= 4 is 23.9 Å². The molecule has 0 fully saturated rings.